The van der Waals surface area contributed by atoms with Crippen molar-refractivity contribution in [2.24, 2.45) is 11.7 Å². The fourth-order valence-corrected chi connectivity index (χ4v) is 5.33. The highest BCUT2D eigenvalue weighted by atomic mass is 16.4. The number of phenols is 1. The number of likely N-dealkylation sites (tertiary alicyclic amines) is 1. The summed E-state index contributed by atoms with van der Waals surface area (Å²) < 4.78 is 0. The third-order valence-electron chi connectivity index (χ3n) is 8.10. The van der Waals surface area contributed by atoms with Gasteiger partial charge in [0.05, 0.1) is 6.04 Å². The van der Waals surface area contributed by atoms with Gasteiger partial charge in [0.2, 0.25) is 17.7 Å². The Morgan fingerprint density at radius 1 is 1.05 bits per heavy atom. The van der Waals surface area contributed by atoms with Gasteiger partial charge in [0, 0.05) is 36.5 Å². The molecule has 7 N–H and O–H groups in total. The number of carboxylic acids is 1. The lowest BCUT2D eigenvalue weighted by molar-refractivity contribution is -0.143. The first-order chi connectivity index (χ1) is 20.1. The van der Waals surface area contributed by atoms with E-state index in [4.69, 9.17) is 5.73 Å². The molecule has 1 aliphatic heterocycles. The van der Waals surface area contributed by atoms with E-state index in [0.717, 1.165) is 22.9 Å². The number of fused-ring (bicyclic) bond motifs is 1. The fraction of sp³-hybridized carbons (Fsp3) is 0.419. The number of amides is 3. The largest absolute Gasteiger partial charge is 0.508 e. The predicted octanol–water partition coefficient (Wildman–Crippen LogP) is 2.08. The van der Waals surface area contributed by atoms with Crippen molar-refractivity contribution in [1.29, 1.82) is 0 Å². The molecular weight excluding hydrogens is 538 g/mol. The van der Waals surface area contributed by atoms with E-state index in [9.17, 15) is 29.4 Å². The topological polar surface area (TPSA) is 178 Å². The number of phenolic OH excluding ortho intramolecular Hbond substituents is 1. The molecule has 4 rings (SSSR count). The maximum Gasteiger partial charge on any atom is 0.326 e. The van der Waals surface area contributed by atoms with Gasteiger partial charge >= 0.3 is 5.97 Å². The molecule has 3 aromatic rings. The minimum Gasteiger partial charge on any atom is -0.508 e. The third-order valence-corrected chi connectivity index (χ3v) is 8.10. The van der Waals surface area contributed by atoms with Crippen molar-refractivity contribution in [2.45, 2.75) is 70.1 Å². The van der Waals surface area contributed by atoms with Crippen LogP contribution in [0.15, 0.2) is 54.7 Å². The molecule has 5 atom stereocenters. The first kappa shape index (κ1) is 30.6. The summed E-state index contributed by atoms with van der Waals surface area (Å²) in [5, 5.41) is 25.7. The molecule has 0 aliphatic carbocycles. The SMILES string of the molecule is CCC(C)C(N)C(=O)N1CCCC1C(=O)NC(Cc1c[nH]c2ccccc12)C(=O)NC(Cc1ccc(O)cc1)C(=O)O. The van der Waals surface area contributed by atoms with Crippen LogP contribution in [0.5, 0.6) is 5.75 Å². The molecule has 0 spiro atoms. The molecule has 0 radical (unpaired) electrons. The average molecular weight is 578 g/mol. The summed E-state index contributed by atoms with van der Waals surface area (Å²) in [6, 6.07) is 9.69. The summed E-state index contributed by atoms with van der Waals surface area (Å²) in [5.41, 5.74) is 8.44. The molecule has 5 unspecified atom stereocenters. The van der Waals surface area contributed by atoms with Gasteiger partial charge in [0.15, 0.2) is 0 Å². The number of aliphatic carboxylic acids is 1. The van der Waals surface area contributed by atoms with E-state index in [1.807, 2.05) is 38.1 Å². The molecule has 1 fully saturated rings. The van der Waals surface area contributed by atoms with Crippen molar-refractivity contribution >= 4 is 34.6 Å². The number of nitrogens with one attached hydrogen (secondary N) is 3. The normalized spacial score (nSPS) is 17.8. The molecular formula is C31H39N5O6. The van der Waals surface area contributed by atoms with Crippen LogP contribution < -0.4 is 16.4 Å². The van der Waals surface area contributed by atoms with Gasteiger partial charge < -0.3 is 36.5 Å². The van der Waals surface area contributed by atoms with Gasteiger partial charge in [0.25, 0.3) is 0 Å². The van der Waals surface area contributed by atoms with Gasteiger partial charge in [-0.05, 0) is 48.1 Å². The number of aromatic nitrogens is 1. The fourth-order valence-electron chi connectivity index (χ4n) is 5.33. The molecule has 2 heterocycles. The number of rotatable bonds is 12. The lowest BCUT2D eigenvalue weighted by Gasteiger charge is -2.30. The van der Waals surface area contributed by atoms with E-state index in [2.05, 4.69) is 15.6 Å². The zero-order valence-electron chi connectivity index (χ0n) is 23.9. The number of benzene rings is 2. The van der Waals surface area contributed by atoms with Crippen molar-refractivity contribution in [2.75, 3.05) is 6.54 Å². The summed E-state index contributed by atoms with van der Waals surface area (Å²) in [4.78, 5) is 57.1. The quantitative estimate of drug-likeness (QED) is 0.191. The molecule has 1 aliphatic rings. The molecule has 3 amide bonds. The molecule has 0 bridgehead atoms. The van der Waals surface area contributed by atoms with Gasteiger partial charge in [0.1, 0.15) is 23.9 Å². The highest BCUT2D eigenvalue weighted by Gasteiger charge is 2.39. The standard InChI is InChI=1S/C31H39N5O6/c1-3-18(2)27(32)30(40)36-14-6-9-26(36)29(39)34-24(16-20-17-33-23-8-5-4-7-22(20)23)28(38)35-25(31(41)42)15-19-10-12-21(37)13-11-19/h4-5,7-8,10-13,17-18,24-27,33,37H,3,6,9,14-16,32H2,1-2H3,(H,34,39)(H,35,38)(H,41,42). The Hall–Kier alpha value is -4.38. The molecule has 11 heteroatoms. The Labute approximate surface area is 244 Å². The van der Waals surface area contributed by atoms with E-state index in [0.29, 0.717) is 24.9 Å². The van der Waals surface area contributed by atoms with Gasteiger partial charge in [-0.3, -0.25) is 14.4 Å². The predicted molar refractivity (Wildman–Crippen MR) is 157 cm³/mol. The number of H-pyrrole nitrogens is 1. The van der Waals surface area contributed by atoms with Gasteiger partial charge in [-0.25, -0.2) is 4.79 Å². The molecule has 11 nitrogen and oxygen atoms in total. The molecule has 1 saturated heterocycles. The highest BCUT2D eigenvalue weighted by molar-refractivity contribution is 5.95. The van der Waals surface area contributed by atoms with E-state index in [1.165, 1.54) is 17.0 Å². The number of nitrogens with zero attached hydrogens (tertiary/aromatic N) is 1. The number of carboxylic acid groups (broad SMARTS) is 1. The van der Waals surface area contributed by atoms with E-state index < -0.39 is 42.0 Å². The second-order valence-corrected chi connectivity index (χ2v) is 11.0. The lowest BCUT2D eigenvalue weighted by atomic mass is 9.98. The smallest absolute Gasteiger partial charge is 0.326 e. The maximum absolute atomic E-state index is 13.6. The number of aromatic hydroxyl groups is 1. The first-order valence-corrected chi connectivity index (χ1v) is 14.3. The summed E-state index contributed by atoms with van der Waals surface area (Å²) in [5.74, 6) is -2.68. The zero-order chi connectivity index (χ0) is 30.4. The summed E-state index contributed by atoms with van der Waals surface area (Å²) in [6.07, 6.45) is 3.63. The van der Waals surface area contributed by atoms with Crippen LogP contribution in [0.4, 0.5) is 0 Å². The average Bonchev–Trinajstić information content (AvgIpc) is 3.64. The Bertz CT molecular complexity index is 1420. The first-order valence-electron chi connectivity index (χ1n) is 14.3. The number of nitrogens with two attached hydrogens (primary N) is 1. The van der Waals surface area contributed by atoms with Crippen LogP contribution in [-0.4, -0.2) is 74.5 Å². The minimum atomic E-state index is -1.28. The minimum absolute atomic E-state index is 0.0203. The van der Waals surface area contributed by atoms with Crippen molar-refractivity contribution < 1.29 is 29.4 Å². The lowest BCUT2D eigenvalue weighted by Crippen LogP contribution is -2.57. The maximum atomic E-state index is 13.6. The summed E-state index contributed by atoms with van der Waals surface area (Å²) in [7, 11) is 0. The van der Waals surface area contributed by atoms with Crippen LogP contribution in [0.2, 0.25) is 0 Å². The Morgan fingerprint density at radius 2 is 1.76 bits per heavy atom. The van der Waals surface area contributed by atoms with Crippen LogP contribution in [0.3, 0.4) is 0 Å². The molecule has 224 valence electrons. The van der Waals surface area contributed by atoms with E-state index in [-0.39, 0.29) is 30.4 Å². The second kappa shape index (κ2) is 13.5. The van der Waals surface area contributed by atoms with Gasteiger partial charge in [-0.1, -0.05) is 50.6 Å². The molecule has 2 aromatic carbocycles. The Morgan fingerprint density at radius 3 is 2.45 bits per heavy atom. The Balaban J connectivity index is 1.56. The monoisotopic (exact) mass is 577 g/mol. The van der Waals surface area contributed by atoms with Crippen LogP contribution in [-0.2, 0) is 32.0 Å². The Kier molecular flexibility index (Phi) is 9.84. The zero-order valence-corrected chi connectivity index (χ0v) is 23.9. The van der Waals surface area contributed by atoms with E-state index >= 15 is 0 Å². The second-order valence-electron chi connectivity index (χ2n) is 11.0. The van der Waals surface area contributed by atoms with Crippen molar-refractivity contribution in [1.82, 2.24) is 20.5 Å². The van der Waals surface area contributed by atoms with Crippen LogP contribution in [0.25, 0.3) is 10.9 Å². The number of carbonyl (C=O) groups excluding carboxylic acids is 3. The number of hydrogen-bond acceptors (Lipinski definition) is 6. The number of hydrogen-bond donors (Lipinski definition) is 6. The van der Waals surface area contributed by atoms with Crippen molar-refractivity contribution in [3.05, 3.63) is 65.9 Å². The van der Waals surface area contributed by atoms with Gasteiger partial charge in [-0.2, -0.15) is 0 Å². The number of aromatic amines is 1. The summed E-state index contributed by atoms with van der Waals surface area (Å²) >= 11 is 0. The van der Waals surface area contributed by atoms with Crippen LogP contribution in [0.1, 0.15) is 44.2 Å². The third kappa shape index (κ3) is 7.09. The van der Waals surface area contributed by atoms with Gasteiger partial charge in [-0.15, -0.1) is 0 Å². The van der Waals surface area contributed by atoms with Crippen LogP contribution in [0, 0.1) is 5.92 Å². The van der Waals surface area contributed by atoms with Crippen molar-refractivity contribution in [3.63, 3.8) is 0 Å². The molecule has 42 heavy (non-hydrogen) atoms. The number of para-hydroxylation sites is 1. The highest BCUT2D eigenvalue weighted by Crippen LogP contribution is 2.23. The van der Waals surface area contributed by atoms with Crippen LogP contribution >= 0.6 is 0 Å². The van der Waals surface area contributed by atoms with Crippen molar-refractivity contribution in [3.8, 4) is 5.75 Å². The van der Waals surface area contributed by atoms with E-state index in [1.54, 1.807) is 18.3 Å². The summed E-state index contributed by atoms with van der Waals surface area (Å²) in [6.45, 7) is 4.24. The number of carbonyl (C=O) groups is 4. The molecule has 0 saturated carbocycles. The molecule has 1 aromatic heterocycles.